The van der Waals surface area contributed by atoms with Crippen LogP contribution in [0.1, 0.15) is 11.1 Å². The van der Waals surface area contributed by atoms with Crippen LogP contribution < -0.4 is 19.1 Å². The number of carbonyl (C=O) groups excluding carboxylic acids is 1. The van der Waals surface area contributed by atoms with Gasteiger partial charge in [0.25, 0.3) is 15.9 Å². The fourth-order valence-electron chi connectivity index (χ4n) is 3.53. The van der Waals surface area contributed by atoms with Gasteiger partial charge in [-0.1, -0.05) is 35.4 Å². The quantitative estimate of drug-likeness (QED) is 0.571. The number of hydrogen-bond acceptors (Lipinski definition) is 5. The van der Waals surface area contributed by atoms with Crippen molar-refractivity contribution in [2.24, 2.45) is 0 Å². The van der Waals surface area contributed by atoms with Gasteiger partial charge in [0.05, 0.1) is 29.3 Å². The van der Waals surface area contributed by atoms with Crippen LogP contribution in [-0.4, -0.2) is 34.1 Å². The Kier molecular flexibility index (Phi) is 6.23. The topological polar surface area (TPSA) is 84.9 Å². The number of ether oxygens (including phenoxy) is 2. The first-order valence-corrected chi connectivity index (χ1v) is 12.0. The number of aryl methyl sites for hydroxylation is 2. The number of methoxy groups -OCH3 is 1. The van der Waals surface area contributed by atoms with E-state index in [2.05, 4.69) is 5.32 Å². The van der Waals surface area contributed by atoms with Crippen LogP contribution in [0.2, 0.25) is 5.02 Å². The summed E-state index contributed by atoms with van der Waals surface area (Å²) in [5.41, 5.74) is 2.65. The van der Waals surface area contributed by atoms with Crippen molar-refractivity contribution >= 4 is 38.9 Å². The van der Waals surface area contributed by atoms with Crippen molar-refractivity contribution < 1.29 is 22.7 Å². The van der Waals surface area contributed by atoms with Gasteiger partial charge in [-0.15, -0.1) is 0 Å². The lowest BCUT2D eigenvalue weighted by molar-refractivity contribution is -0.122. The lowest BCUT2D eigenvalue weighted by Crippen LogP contribution is -2.48. The van der Waals surface area contributed by atoms with Crippen LogP contribution in [0.5, 0.6) is 11.5 Å². The second-order valence-corrected chi connectivity index (χ2v) is 10.0. The van der Waals surface area contributed by atoms with E-state index in [4.69, 9.17) is 21.1 Å². The summed E-state index contributed by atoms with van der Waals surface area (Å²) >= 11 is 6.15. The fraction of sp³-hybridized carbons (Fsp3) is 0.208. The second kappa shape index (κ2) is 8.96. The third-order valence-corrected chi connectivity index (χ3v) is 7.39. The summed E-state index contributed by atoms with van der Waals surface area (Å²) in [5, 5.41) is 3.08. The zero-order chi connectivity index (χ0) is 23.8. The van der Waals surface area contributed by atoms with Crippen LogP contribution in [-0.2, 0) is 14.8 Å². The van der Waals surface area contributed by atoms with E-state index in [9.17, 15) is 13.2 Å². The van der Waals surface area contributed by atoms with E-state index >= 15 is 0 Å². The van der Waals surface area contributed by atoms with Crippen LogP contribution in [0.4, 0.5) is 11.4 Å². The largest absolute Gasteiger partial charge is 0.495 e. The van der Waals surface area contributed by atoms with Crippen LogP contribution in [0, 0.1) is 13.8 Å². The van der Waals surface area contributed by atoms with Crippen molar-refractivity contribution in [2.75, 3.05) is 23.3 Å². The molecule has 0 radical (unpaired) electrons. The summed E-state index contributed by atoms with van der Waals surface area (Å²) < 4.78 is 39.3. The van der Waals surface area contributed by atoms with Crippen LogP contribution in [0.3, 0.4) is 0 Å². The van der Waals surface area contributed by atoms with E-state index in [0.717, 1.165) is 11.1 Å². The first-order chi connectivity index (χ1) is 15.7. The van der Waals surface area contributed by atoms with Crippen molar-refractivity contribution in [1.29, 1.82) is 0 Å². The number of nitrogens with zero attached hydrogens (tertiary/aromatic N) is 1. The number of fused-ring (bicyclic) bond motifs is 1. The molecule has 172 valence electrons. The normalized spacial score (nSPS) is 15.4. The van der Waals surface area contributed by atoms with Gasteiger partial charge in [-0.25, -0.2) is 8.42 Å². The molecule has 0 saturated heterocycles. The van der Waals surface area contributed by atoms with Crippen LogP contribution in [0.25, 0.3) is 0 Å². The second-order valence-electron chi connectivity index (χ2n) is 7.77. The zero-order valence-corrected chi connectivity index (χ0v) is 19.9. The van der Waals surface area contributed by atoms with Gasteiger partial charge >= 0.3 is 0 Å². The van der Waals surface area contributed by atoms with E-state index in [1.165, 1.54) is 11.4 Å². The van der Waals surface area contributed by atoms with Crippen molar-refractivity contribution in [3.63, 3.8) is 0 Å². The molecule has 3 aromatic rings. The average molecular weight is 487 g/mol. The Balaban J connectivity index is 1.67. The molecule has 0 fully saturated rings. The monoisotopic (exact) mass is 486 g/mol. The Morgan fingerprint density at radius 1 is 1.06 bits per heavy atom. The molecule has 9 heteroatoms. The van der Waals surface area contributed by atoms with Crippen molar-refractivity contribution in [2.45, 2.75) is 24.8 Å². The maximum atomic E-state index is 13.5. The highest BCUT2D eigenvalue weighted by Crippen LogP contribution is 2.38. The minimum Gasteiger partial charge on any atom is -0.495 e. The summed E-state index contributed by atoms with van der Waals surface area (Å²) in [7, 11) is -2.43. The van der Waals surface area contributed by atoms with Gasteiger partial charge < -0.3 is 14.8 Å². The highest BCUT2D eigenvalue weighted by atomic mass is 35.5. The number of halogens is 1. The van der Waals surface area contributed by atoms with E-state index in [1.807, 2.05) is 13.8 Å². The van der Waals surface area contributed by atoms with Gasteiger partial charge in [-0.05, 0) is 61.9 Å². The Morgan fingerprint density at radius 3 is 2.42 bits per heavy atom. The molecule has 1 aliphatic heterocycles. The average Bonchev–Trinajstić information content (AvgIpc) is 2.78. The highest BCUT2D eigenvalue weighted by molar-refractivity contribution is 7.92. The SMILES string of the molecule is COc1ccc(NC(=O)[C@H]2CN(S(=O)(=O)c3ccc(C)cc3)c3ccc(C)cc3O2)cc1Cl. The standard InChI is InChI=1S/C24H23ClN2O5S/c1-15-4-8-18(9-5-15)33(29,30)27-14-23(32-22-12-16(2)6-10-20(22)27)24(28)26-17-7-11-21(31-3)19(25)13-17/h4-13,23H,14H2,1-3H3,(H,26,28)/t23-/m1/s1. The van der Waals surface area contributed by atoms with Crippen molar-refractivity contribution in [3.05, 3.63) is 76.8 Å². The van der Waals surface area contributed by atoms with Crippen LogP contribution >= 0.6 is 11.6 Å². The number of nitrogens with one attached hydrogen (secondary N) is 1. The number of sulfonamides is 1. The predicted molar refractivity (Wildman–Crippen MR) is 128 cm³/mol. The number of carbonyl (C=O) groups is 1. The molecule has 3 aromatic carbocycles. The molecule has 0 bridgehead atoms. The summed E-state index contributed by atoms with van der Waals surface area (Å²) in [5.74, 6) is 0.306. The summed E-state index contributed by atoms with van der Waals surface area (Å²) in [4.78, 5) is 13.2. The maximum Gasteiger partial charge on any atom is 0.267 e. The van der Waals surface area contributed by atoms with Gasteiger partial charge in [0.2, 0.25) is 0 Å². The van der Waals surface area contributed by atoms with Crippen molar-refractivity contribution in [1.82, 2.24) is 0 Å². The number of anilines is 2. The van der Waals surface area contributed by atoms with E-state index in [0.29, 0.717) is 27.9 Å². The Morgan fingerprint density at radius 2 is 1.76 bits per heavy atom. The predicted octanol–water partition coefficient (Wildman–Crippen LogP) is 4.56. The molecular weight excluding hydrogens is 464 g/mol. The first-order valence-electron chi connectivity index (χ1n) is 10.2. The fourth-order valence-corrected chi connectivity index (χ4v) is 5.26. The highest BCUT2D eigenvalue weighted by Gasteiger charge is 2.37. The van der Waals surface area contributed by atoms with E-state index in [1.54, 1.807) is 60.7 Å². The number of hydrogen-bond donors (Lipinski definition) is 1. The summed E-state index contributed by atoms with van der Waals surface area (Å²) in [6, 6.07) is 16.6. The molecule has 1 amide bonds. The van der Waals surface area contributed by atoms with E-state index in [-0.39, 0.29) is 11.4 Å². The van der Waals surface area contributed by atoms with Crippen LogP contribution in [0.15, 0.2) is 65.6 Å². The maximum absolute atomic E-state index is 13.5. The van der Waals surface area contributed by atoms with Gasteiger partial charge in [0.15, 0.2) is 6.10 Å². The van der Waals surface area contributed by atoms with Gasteiger partial charge in [-0.3, -0.25) is 9.10 Å². The zero-order valence-electron chi connectivity index (χ0n) is 18.3. The number of rotatable bonds is 5. The van der Waals surface area contributed by atoms with Gasteiger partial charge in [-0.2, -0.15) is 0 Å². The van der Waals surface area contributed by atoms with Gasteiger partial charge in [0, 0.05) is 5.69 Å². The number of benzene rings is 3. The molecule has 1 N–H and O–H groups in total. The Labute approximate surface area is 197 Å². The molecule has 0 saturated carbocycles. The molecular formula is C24H23ClN2O5S. The van der Waals surface area contributed by atoms with Crippen molar-refractivity contribution in [3.8, 4) is 11.5 Å². The molecule has 0 aliphatic carbocycles. The minimum atomic E-state index is -3.92. The third-order valence-electron chi connectivity index (χ3n) is 5.31. The summed E-state index contributed by atoms with van der Waals surface area (Å²) in [6.07, 6.45) is -1.07. The minimum absolute atomic E-state index is 0.141. The Hall–Kier alpha value is -3.23. The molecule has 4 rings (SSSR count). The molecule has 0 spiro atoms. The summed E-state index contributed by atoms with van der Waals surface area (Å²) in [6.45, 7) is 3.57. The number of amides is 1. The molecule has 1 aliphatic rings. The molecule has 1 heterocycles. The van der Waals surface area contributed by atoms with Gasteiger partial charge in [0.1, 0.15) is 11.5 Å². The smallest absolute Gasteiger partial charge is 0.267 e. The lowest BCUT2D eigenvalue weighted by Gasteiger charge is -2.35. The first kappa shape index (κ1) is 22.9. The third kappa shape index (κ3) is 4.62. The molecule has 0 unspecified atom stereocenters. The van der Waals surface area contributed by atoms with E-state index < -0.39 is 22.0 Å². The molecule has 1 atom stereocenters. The molecule has 33 heavy (non-hydrogen) atoms. The molecule has 0 aromatic heterocycles. The molecule has 7 nitrogen and oxygen atoms in total. The lowest BCUT2D eigenvalue weighted by atomic mass is 10.1. The Bertz CT molecular complexity index is 1310.